The minimum Gasteiger partial charge on any atom is -0.492 e. The molecule has 14 nitrogen and oxygen atoms in total. The Hall–Kier alpha value is -5.73. The van der Waals surface area contributed by atoms with Gasteiger partial charge in [0.2, 0.25) is 11.8 Å². The number of ether oxygens (including phenoxy) is 2. The number of piperazine rings is 2. The molecule has 3 aromatic carbocycles. The highest BCUT2D eigenvalue weighted by Crippen LogP contribution is 2.38. The Labute approximate surface area is 359 Å². The molecule has 0 aromatic heterocycles. The summed E-state index contributed by atoms with van der Waals surface area (Å²) in [7, 11) is 0. The van der Waals surface area contributed by atoms with Gasteiger partial charge in [0.15, 0.2) is 6.10 Å². The van der Waals surface area contributed by atoms with Gasteiger partial charge in [0.25, 0.3) is 5.91 Å². The second-order valence-corrected chi connectivity index (χ2v) is 17.2. The van der Waals surface area contributed by atoms with E-state index < -0.39 is 6.10 Å². The van der Waals surface area contributed by atoms with Gasteiger partial charge in [-0.25, -0.2) is 0 Å². The van der Waals surface area contributed by atoms with Gasteiger partial charge in [0.05, 0.1) is 12.2 Å². The van der Waals surface area contributed by atoms with Crippen molar-refractivity contribution in [3.63, 3.8) is 0 Å². The number of benzene rings is 3. The SMILES string of the molecule is Cc1ccccc1/C(N)=C/C(=C(N)N)N1CC2CCC(C1)N2c1cccc(OCCN2CCN(C(=O)CN3CCC(c4ccc(OC5CCC(=O)NC5=O)cc4)CC3)CC2)c1. The summed E-state index contributed by atoms with van der Waals surface area (Å²) < 4.78 is 12.2. The first-order chi connectivity index (χ1) is 29.6. The number of carbonyl (C=O) groups excluding carboxylic acids is 3. The minimum absolute atomic E-state index is 0.206. The van der Waals surface area contributed by atoms with Crippen LogP contribution in [-0.4, -0.2) is 128 Å². The molecule has 14 heteroatoms. The molecule has 324 valence electrons. The number of nitrogens with one attached hydrogen (secondary N) is 1. The monoisotopic (exact) mass is 831 g/mol. The predicted molar refractivity (Wildman–Crippen MR) is 236 cm³/mol. The van der Waals surface area contributed by atoms with Gasteiger partial charge < -0.3 is 41.4 Å². The van der Waals surface area contributed by atoms with Gasteiger partial charge in [-0.15, -0.1) is 0 Å². The van der Waals surface area contributed by atoms with Crippen LogP contribution in [0.2, 0.25) is 0 Å². The molecule has 7 N–H and O–H groups in total. The van der Waals surface area contributed by atoms with Gasteiger partial charge in [-0.3, -0.25) is 29.5 Å². The number of hydrogen-bond donors (Lipinski definition) is 4. The number of likely N-dealkylation sites (tertiary alicyclic amines) is 2. The average Bonchev–Trinajstić information content (AvgIpc) is 3.53. The van der Waals surface area contributed by atoms with Crippen molar-refractivity contribution in [2.75, 3.05) is 77.0 Å². The summed E-state index contributed by atoms with van der Waals surface area (Å²) in [6, 6.07) is 25.1. The molecule has 0 aliphatic carbocycles. The fourth-order valence-electron chi connectivity index (χ4n) is 9.73. The number of nitrogens with two attached hydrogens (primary N) is 3. The van der Waals surface area contributed by atoms with E-state index in [2.05, 4.69) is 68.2 Å². The largest absolute Gasteiger partial charge is 0.492 e. The molecule has 5 aliphatic heterocycles. The summed E-state index contributed by atoms with van der Waals surface area (Å²) in [6.45, 7) is 10.4. The van der Waals surface area contributed by atoms with E-state index in [9.17, 15) is 14.4 Å². The first-order valence-corrected chi connectivity index (χ1v) is 22.0. The van der Waals surface area contributed by atoms with E-state index in [0.29, 0.717) is 55.4 Å². The molecule has 8 rings (SSSR count). The van der Waals surface area contributed by atoms with E-state index in [0.717, 1.165) is 107 Å². The van der Waals surface area contributed by atoms with E-state index in [4.69, 9.17) is 26.7 Å². The van der Waals surface area contributed by atoms with Crippen molar-refractivity contribution in [3.8, 4) is 11.5 Å². The molecule has 3 amide bonds. The molecule has 5 aliphatic rings. The van der Waals surface area contributed by atoms with Crippen LogP contribution in [0, 0.1) is 6.92 Å². The van der Waals surface area contributed by atoms with E-state index in [1.54, 1.807) is 0 Å². The molecular weight excluding hydrogens is 771 g/mol. The van der Waals surface area contributed by atoms with Gasteiger partial charge in [-0.05, 0) is 93.1 Å². The van der Waals surface area contributed by atoms with Crippen LogP contribution >= 0.6 is 0 Å². The standard InChI is InChI=1S/C47H61N9O5/c1-32-5-2-3-8-40(32)41(48)28-42(46(49)50)55-29-36-11-12-37(30-55)56(36)35-6-4-7-39(27-35)60-26-25-52-21-23-54(24-22-52)45(58)31-53-19-17-34(18-20-53)33-9-13-38(14-10-33)61-43-15-16-44(57)51-47(43)59/h2-10,13-14,27-28,34,36-37,43H,11-12,15-26,29-31,48-50H2,1H3,(H,51,57,59)/b41-28-. The van der Waals surface area contributed by atoms with Crippen LogP contribution < -0.4 is 36.9 Å². The zero-order chi connectivity index (χ0) is 42.5. The molecule has 3 aromatic rings. The summed E-state index contributed by atoms with van der Waals surface area (Å²) in [5, 5.41) is 2.34. The number of aryl methyl sites for hydroxylation is 1. The molecule has 0 saturated carbocycles. The normalized spacial score (nSPS) is 22.9. The summed E-state index contributed by atoms with van der Waals surface area (Å²) in [5.41, 5.74) is 25.0. The third-order valence-electron chi connectivity index (χ3n) is 13.1. The molecular formula is C47H61N9O5. The van der Waals surface area contributed by atoms with Crippen LogP contribution in [-0.2, 0) is 14.4 Å². The van der Waals surface area contributed by atoms with Crippen molar-refractivity contribution in [1.82, 2.24) is 24.9 Å². The molecule has 3 unspecified atom stereocenters. The third-order valence-corrected chi connectivity index (χ3v) is 13.1. The Balaban J connectivity index is 0.746. The first kappa shape index (κ1) is 42.0. The fourth-order valence-corrected chi connectivity index (χ4v) is 9.73. The lowest BCUT2D eigenvalue weighted by molar-refractivity contribution is -0.139. The van der Waals surface area contributed by atoms with Gasteiger partial charge in [-0.2, -0.15) is 0 Å². The number of imide groups is 1. The van der Waals surface area contributed by atoms with Gasteiger partial charge in [0, 0.05) is 93.8 Å². The highest BCUT2D eigenvalue weighted by atomic mass is 16.5. The smallest absolute Gasteiger partial charge is 0.267 e. The number of hydrogen-bond acceptors (Lipinski definition) is 12. The van der Waals surface area contributed by atoms with Gasteiger partial charge >= 0.3 is 0 Å². The number of allylic oxidation sites excluding steroid dienone is 1. The maximum Gasteiger partial charge on any atom is 0.267 e. The lowest BCUT2D eigenvalue weighted by Gasteiger charge is -2.44. The molecule has 61 heavy (non-hydrogen) atoms. The van der Waals surface area contributed by atoms with E-state index in [-0.39, 0.29) is 23.5 Å². The quantitative estimate of drug-likeness (QED) is 0.146. The third kappa shape index (κ3) is 10.1. The average molecular weight is 832 g/mol. The van der Waals surface area contributed by atoms with Crippen LogP contribution in [0.15, 0.2) is 90.4 Å². The van der Waals surface area contributed by atoms with Crippen molar-refractivity contribution in [1.29, 1.82) is 0 Å². The number of anilines is 1. The molecule has 5 heterocycles. The van der Waals surface area contributed by atoms with E-state index in [1.165, 1.54) is 11.3 Å². The highest BCUT2D eigenvalue weighted by Gasteiger charge is 2.41. The van der Waals surface area contributed by atoms with Crippen LogP contribution in [0.3, 0.4) is 0 Å². The topological polar surface area (TPSA) is 176 Å². The van der Waals surface area contributed by atoms with Crippen molar-refractivity contribution in [3.05, 3.63) is 107 Å². The van der Waals surface area contributed by atoms with Crippen molar-refractivity contribution in [2.24, 2.45) is 17.2 Å². The molecule has 5 saturated heterocycles. The number of nitrogens with zero attached hydrogens (tertiary/aromatic N) is 5. The van der Waals surface area contributed by atoms with Crippen molar-refractivity contribution < 1.29 is 23.9 Å². The number of piperidine rings is 2. The summed E-state index contributed by atoms with van der Waals surface area (Å²) in [5.74, 6) is 1.78. The molecule has 0 spiro atoms. The highest BCUT2D eigenvalue weighted by molar-refractivity contribution is 5.99. The number of carbonyl (C=O) groups is 3. The lowest BCUT2D eigenvalue weighted by Crippen LogP contribution is -2.53. The lowest BCUT2D eigenvalue weighted by atomic mass is 9.89. The maximum atomic E-state index is 13.3. The Morgan fingerprint density at radius 1 is 0.787 bits per heavy atom. The second-order valence-electron chi connectivity index (χ2n) is 17.2. The summed E-state index contributed by atoms with van der Waals surface area (Å²) >= 11 is 0. The van der Waals surface area contributed by atoms with Gasteiger partial charge in [-0.1, -0.05) is 42.5 Å². The zero-order valence-corrected chi connectivity index (χ0v) is 35.3. The number of rotatable bonds is 13. The minimum atomic E-state index is -0.638. The van der Waals surface area contributed by atoms with Crippen molar-refractivity contribution >= 4 is 29.1 Å². The Morgan fingerprint density at radius 3 is 2.20 bits per heavy atom. The Kier molecular flexibility index (Phi) is 13.0. The van der Waals surface area contributed by atoms with Crippen LogP contribution in [0.25, 0.3) is 5.70 Å². The molecule has 3 atom stereocenters. The van der Waals surface area contributed by atoms with Crippen molar-refractivity contribution in [2.45, 2.75) is 69.6 Å². The van der Waals surface area contributed by atoms with Crippen LogP contribution in [0.5, 0.6) is 11.5 Å². The molecule has 5 fully saturated rings. The molecule has 2 bridgehead atoms. The second kappa shape index (κ2) is 18.9. The van der Waals surface area contributed by atoms with E-state index in [1.807, 2.05) is 47.4 Å². The molecule has 0 radical (unpaired) electrons. The maximum absolute atomic E-state index is 13.3. The predicted octanol–water partition coefficient (Wildman–Crippen LogP) is 3.32. The fraction of sp³-hybridized carbons (Fsp3) is 0.468. The summed E-state index contributed by atoms with van der Waals surface area (Å²) in [4.78, 5) is 48.3. The Morgan fingerprint density at radius 2 is 1.51 bits per heavy atom. The number of amides is 3. The first-order valence-electron chi connectivity index (χ1n) is 22.0. The summed E-state index contributed by atoms with van der Waals surface area (Å²) in [6.07, 6.45) is 6.14. The van der Waals surface area contributed by atoms with Gasteiger partial charge in [0.1, 0.15) is 23.9 Å². The number of fused-ring (bicyclic) bond motifs is 2. The Bertz CT molecular complexity index is 2090. The van der Waals surface area contributed by atoms with Crippen LogP contribution in [0.1, 0.15) is 61.1 Å². The van der Waals surface area contributed by atoms with E-state index >= 15 is 0 Å². The van der Waals surface area contributed by atoms with Crippen LogP contribution in [0.4, 0.5) is 5.69 Å². The zero-order valence-electron chi connectivity index (χ0n) is 35.3.